The van der Waals surface area contributed by atoms with Crippen LogP contribution in [0.25, 0.3) is 0 Å². The fourth-order valence-electron chi connectivity index (χ4n) is 3.48. The molecule has 134 valence electrons. The van der Waals surface area contributed by atoms with Gasteiger partial charge in [0.1, 0.15) is 5.01 Å². The first-order chi connectivity index (χ1) is 12.1. The van der Waals surface area contributed by atoms with Crippen LogP contribution in [0.2, 0.25) is 0 Å². The van der Waals surface area contributed by atoms with Gasteiger partial charge in [-0.05, 0) is 58.5 Å². The summed E-state index contributed by atoms with van der Waals surface area (Å²) in [6.07, 6.45) is 4.33. The van der Waals surface area contributed by atoms with Crippen LogP contribution in [0.5, 0.6) is 0 Å². The minimum atomic E-state index is -0.137. The summed E-state index contributed by atoms with van der Waals surface area (Å²) in [5.41, 5.74) is 2.31. The van der Waals surface area contributed by atoms with Gasteiger partial charge in [-0.15, -0.1) is 16.4 Å². The van der Waals surface area contributed by atoms with E-state index in [1.807, 2.05) is 23.9 Å². The number of aryl methyl sites for hydroxylation is 1. The molecule has 8 heteroatoms. The molecule has 2 aromatic rings. The summed E-state index contributed by atoms with van der Waals surface area (Å²) in [6.45, 7) is 5.90. The number of rotatable bonds is 5. The summed E-state index contributed by atoms with van der Waals surface area (Å²) in [7, 11) is 0. The lowest BCUT2D eigenvalue weighted by atomic mass is 10.1. The highest BCUT2D eigenvalue weighted by Gasteiger charge is 2.36. The summed E-state index contributed by atoms with van der Waals surface area (Å²) in [5.74, 6) is 0.358. The second-order valence-electron chi connectivity index (χ2n) is 7.06. The molecule has 1 saturated carbocycles. The summed E-state index contributed by atoms with van der Waals surface area (Å²) >= 11 is 1.62. The number of nitrogens with zero attached hydrogens (tertiary/aromatic N) is 4. The fraction of sp³-hybridized carbons (Fsp3) is 0.647. The number of hydrogen-bond donors (Lipinski definition) is 2. The minimum absolute atomic E-state index is 0.00497. The van der Waals surface area contributed by atoms with E-state index in [9.17, 15) is 4.79 Å². The number of carbonyl (C=O) groups is 1. The topological polar surface area (TPSA) is 84.7 Å². The second-order valence-corrected chi connectivity index (χ2v) is 7.95. The molecule has 3 heterocycles. The quantitative estimate of drug-likeness (QED) is 0.853. The van der Waals surface area contributed by atoms with Crippen LogP contribution in [0.15, 0.2) is 5.38 Å². The number of piperidine rings is 1. The van der Waals surface area contributed by atoms with Gasteiger partial charge in [0.25, 0.3) is 5.91 Å². The maximum atomic E-state index is 12.8. The van der Waals surface area contributed by atoms with Crippen LogP contribution in [0.1, 0.15) is 64.7 Å². The average Bonchev–Trinajstić information content (AvgIpc) is 3.26. The molecule has 2 N–H and O–H groups in total. The molecule has 1 aliphatic heterocycles. The van der Waals surface area contributed by atoms with Gasteiger partial charge in [-0.1, -0.05) is 5.21 Å². The number of amides is 1. The Hall–Kier alpha value is -1.80. The van der Waals surface area contributed by atoms with E-state index in [1.165, 1.54) is 0 Å². The van der Waals surface area contributed by atoms with Crippen molar-refractivity contribution in [1.29, 1.82) is 0 Å². The van der Waals surface area contributed by atoms with E-state index >= 15 is 0 Å². The molecule has 0 radical (unpaired) electrons. The molecule has 1 unspecified atom stereocenters. The van der Waals surface area contributed by atoms with Crippen molar-refractivity contribution in [2.75, 3.05) is 13.1 Å². The van der Waals surface area contributed by atoms with Gasteiger partial charge >= 0.3 is 0 Å². The van der Waals surface area contributed by atoms with Crippen LogP contribution in [0.4, 0.5) is 0 Å². The second kappa shape index (κ2) is 6.84. The molecule has 1 amide bonds. The van der Waals surface area contributed by atoms with Crippen LogP contribution in [0, 0.1) is 19.8 Å². The lowest BCUT2D eigenvalue weighted by molar-refractivity contribution is 0.0925. The van der Waals surface area contributed by atoms with E-state index < -0.39 is 0 Å². The molecule has 0 aromatic carbocycles. The zero-order chi connectivity index (χ0) is 17.4. The van der Waals surface area contributed by atoms with Crippen LogP contribution >= 0.6 is 11.3 Å². The normalized spacial score (nSPS) is 19.8. The van der Waals surface area contributed by atoms with Gasteiger partial charge in [0, 0.05) is 11.1 Å². The molecule has 7 nitrogen and oxygen atoms in total. The number of carbonyl (C=O) groups excluding carboxylic acids is 1. The fourth-order valence-corrected chi connectivity index (χ4v) is 4.42. The number of aromatic nitrogens is 4. The van der Waals surface area contributed by atoms with Crippen molar-refractivity contribution in [2.45, 2.75) is 51.6 Å². The van der Waals surface area contributed by atoms with Crippen molar-refractivity contribution in [3.63, 3.8) is 0 Å². The van der Waals surface area contributed by atoms with E-state index in [0.29, 0.717) is 17.7 Å². The van der Waals surface area contributed by atoms with Crippen LogP contribution in [0.3, 0.4) is 0 Å². The molecule has 2 aromatic heterocycles. The third-order valence-corrected chi connectivity index (χ3v) is 6.13. The Morgan fingerprint density at radius 2 is 2.08 bits per heavy atom. The Bertz CT molecular complexity index is 759. The predicted octanol–water partition coefficient (Wildman–Crippen LogP) is 2.16. The lowest BCUT2D eigenvalue weighted by Crippen LogP contribution is -2.31. The third-order valence-electron chi connectivity index (χ3n) is 5.08. The number of nitrogens with one attached hydrogen (secondary N) is 2. The summed E-state index contributed by atoms with van der Waals surface area (Å²) in [6, 6.07) is 0.325. The predicted molar refractivity (Wildman–Crippen MR) is 95.7 cm³/mol. The highest BCUT2D eigenvalue weighted by Crippen LogP contribution is 2.42. The molecule has 0 spiro atoms. The summed E-state index contributed by atoms with van der Waals surface area (Å²) < 4.78 is 1.93. The lowest BCUT2D eigenvalue weighted by Gasteiger charge is -2.23. The Balaban J connectivity index is 1.51. The van der Waals surface area contributed by atoms with Gasteiger partial charge in [0.15, 0.2) is 5.69 Å². The standard InChI is InChI=1S/C17H24N6OS/c1-10-9-25-17(19-10)15(12-3-4-12)20-16(24)14-11(2)23(22-21-14)13-5-7-18-8-6-13/h9,12-13,15,18H,3-8H2,1-2H3,(H,20,24). The maximum Gasteiger partial charge on any atom is 0.274 e. The van der Waals surface area contributed by atoms with Crippen molar-refractivity contribution in [3.05, 3.63) is 27.5 Å². The highest BCUT2D eigenvalue weighted by molar-refractivity contribution is 7.09. The van der Waals surface area contributed by atoms with E-state index in [-0.39, 0.29) is 11.9 Å². The van der Waals surface area contributed by atoms with Crippen molar-refractivity contribution in [2.24, 2.45) is 5.92 Å². The molecule has 4 rings (SSSR count). The van der Waals surface area contributed by atoms with Crippen molar-refractivity contribution < 1.29 is 4.79 Å². The molecule has 25 heavy (non-hydrogen) atoms. The molecule has 1 atom stereocenters. The summed E-state index contributed by atoms with van der Waals surface area (Å²) in [5, 5.41) is 18.0. The van der Waals surface area contributed by atoms with Gasteiger partial charge in [-0.2, -0.15) is 0 Å². The Kier molecular flexibility index (Phi) is 4.56. The third kappa shape index (κ3) is 3.46. The first kappa shape index (κ1) is 16.7. The number of thiazole rings is 1. The molecule has 2 aliphatic rings. The van der Waals surface area contributed by atoms with Crippen LogP contribution in [-0.2, 0) is 0 Å². The largest absolute Gasteiger partial charge is 0.341 e. The number of hydrogen-bond acceptors (Lipinski definition) is 6. The van der Waals surface area contributed by atoms with Gasteiger partial charge in [0.05, 0.1) is 17.8 Å². The van der Waals surface area contributed by atoms with Crippen LogP contribution < -0.4 is 10.6 Å². The Labute approximate surface area is 151 Å². The SMILES string of the molecule is Cc1csc(C(NC(=O)c2nnn(C3CCNCC3)c2C)C2CC2)n1. The molecular formula is C17H24N6OS. The van der Waals surface area contributed by atoms with E-state index in [0.717, 1.165) is 55.2 Å². The zero-order valence-electron chi connectivity index (χ0n) is 14.7. The maximum absolute atomic E-state index is 12.8. The molecule has 2 fully saturated rings. The Morgan fingerprint density at radius 3 is 2.72 bits per heavy atom. The molecule has 1 aliphatic carbocycles. The molecule has 1 saturated heterocycles. The van der Waals surface area contributed by atoms with Gasteiger partial charge in [0.2, 0.25) is 0 Å². The molecular weight excluding hydrogens is 336 g/mol. The first-order valence-electron chi connectivity index (χ1n) is 8.99. The smallest absolute Gasteiger partial charge is 0.274 e. The van der Waals surface area contributed by atoms with Gasteiger partial charge in [-0.3, -0.25) is 4.79 Å². The van der Waals surface area contributed by atoms with Crippen molar-refractivity contribution in [1.82, 2.24) is 30.6 Å². The van der Waals surface area contributed by atoms with Crippen molar-refractivity contribution >= 4 is 17.2 Å². The Morgan fingerprint density at radius 1 is 1.32 bits per heavy atom. The average molecular weight is 360 g/mol. The van der Waals surface area contributed by atoms with Crippen LogP contribution in [-0.4, -0.2) is 39.0 Å². The van der Waals surface area contributed by atoms with Gasteiger partial charge in [-0.25, -0.2) is 9.67 Å². The van der Waals surface area contributed by atoms with E-state index in [4.69, 9.17) is 0 Å². The first-order valence-corrected chi connectivity index (χ1v) is 9.87. The van der Waals surface area contributed by atoms with Crippen molar-refractivity contribution in [3.8, 4) is 0 Å². The monoisotopic (exact) mass is 360 g/mol. The minimum Gasteiger partial charge on any atom is -0.341 e. The molecule has 0 bridgehead atoms. The highest BCUT2D eigenvalue weighted by atomic mass is 32.1. The zero-order valence-corrected chi connectivity index (χ0v) is 15.5. The van der Waals surface area contributed by atoms with Gasteiger partial charge < -0.3 is 10.6 Å². The van der Waals surface area contributed by atoms with E-state index in [2.05, 4.69) is 25.9 Å². The summed E-state index contributed by atoms with van der Waals surface area (Å²) in [4.78, 5) is 17.4. The van der Waals surface area contributed by atoms with E-state index in [1.54, 1.807) is 11.3 Å².